The average Bonchev–Trinajstić information content (AvgIpc) is 2.97. The van der Waals surface area contributed by atoms with Gasteiger partial charge in [0.05, 0.1) is 18.6 Å². The molecule has 158 valence electrons. The Hall–Kier alpha value is -1.10. The number of carbonyl (C=O) groups is 1. The second-order valence-electron chi connectivity index (χ2n) is 10.6. The average molecular weight is 417 g/mol. The molecule has 5 rings (SSSR count). The van der Waals surface area contributed by atoms with Crippen LogP contribution in [0.4, 0.5) is 0 Å². The SMILES string of the molecule is CC1(C)C[C@]2(CN3CCOCC3)CN(C(=O)C3(c4ccc(Cl)cc4)CCC3)C[C@H]12. The van der Waals surface area contributed by atoms with Crippen molar-refractivity contribution in [3.63, 3.8) is 0 Å². The molecule has 4 aliphatic rings. The van der Waals surface area contributed by atoms with E-state index in [1.807, 2.05) is 12.1 Å². The first-order valence-corrected chi connectivity index (χ1v) is 11.6. The Bertz CT molecular complexity index is 783. The number of nitrogens with zero attached hydrogens (tertiary/aromatic N) is 2. The number of morpholine rings is 1. The molecule has 1 aromatic carbocycles. The van der Waals surface area contributed by atoms with E-state index in [9.17, 15) is 4.79 Å². The van der Waals surface area contributed by atoms with E-state index in [1.165, 1.54) is 6.42 Å². The molecule has 2 aliphatic carbocycles. The van der Waals surface area contributed by atoms with Gasteiger partial charge in [0.2, 0.25) is 5.91 Å². The van der Waals surface area contributed by atoms with Crippen LogP contribution < -0.4 is 0 Å². The molecule has 4 fully saturated rings. The summed E-state index contributed by atoms with van der Waals surface area (Å²) < 4.78 is 5.55. The van der Waals surface area contributed by atoms with Crippen molar-refractivity contribution < 1.29 is 9.53 Å². The van der Waals surface area contributed by atoms with E-state index >= 15 is 0 Å². The van der Waals surface area contributed by atoms with E-state index in [-0.39, 0.29) is 10.8 Å². The topological polar surface area (TPSA) is 32.8 Å². The summed E-state index contributed by atoms with van der Waals surface area (Å²) >= 11 is 6.11. The third kappa shape index (κ3) is 3.14. The van der Waals surface area contributed by atoms with E-state index in [4.69, 9.17) is 16.3 Å². The van der Waals surface area contributed by atoms with Gasteiger partial charge in [0.25, 0.3) is 0 Å². The van der Waals surface area contributed by atoms with Crippen LogP contribution in [-0.4, -0.2) is 61.6 Å². The van der Waals surface area contributed by atoms with Crippen molar-refractivity contribution in [2.75, 3.05) is 45.9 Å². The van der Waals surface area contributed by atoms with Crippen LogP contribution in [0.15, 0.2) is 24.3 Å². The molecule has 0 N–H and O–H groups in total. The minimum Gasteiger partial charge on any atom is -0.379 e. The number of carbonyl (C=O) groups excluding carboxylic acids is 1. The van der Waals surface area contributed by atoms with Crippen LogP contribution in [0.25, 0.3) is 0 Å². The summed E-state index contributed by atoms with van der Waals surface area (Å²) in [5.74, 6) is 0.960. The number of likely N-dealkylation sites (tertiary alicyclic amines) is 1. The van der Waals surface area contributed by atoms with Crippen molar-refractivity contribution >= 4 is 17.5 Å². The highest BCUT2D eigenvalue weighted by Gasteiger charge is 2.64. The number of rotatable bonds is 4. The number of fused-ring (bicyclic) bond motifs is 1. The molecule has 0 unspecified atom stereocenters. The molecule has 1 aromatic rings. The fraction of sp³-hybridized carbons (Fsp3) is 0.708. The maximum Gasteiger partial charge on any atom is 0.233 e. The molecular formula is C24H33ClN2O2. The largest absolute Gasteiger partial charge is 0.379 e. The Balaban J connectivity index is 1.37. The molecule has 29 heavy (non-hydrogen) atoms. The van der Waals surface area contributed by atoms with Crippen molar-refractivity contribution in [1.82, 2.24) is 9.80 Å². The van der Waals surface area contributed by atoms with Gasteiger partial charge in [-0.2, -0.15) is 0 Å². The number of hydrogen-bond acceptors (Lipinski definition) is 3. The summed E-state index contributed by atoms with van der Waals surface area (Å²) in [7, 11) is 0. The lowest BCUT2D eigenvalue weighted by Crippen LogP contribution is -2.59. The van der Waals surface area contributed by atoms with Crippen molar-refractivity contribution in [2.45, 2.75) is 44.9 Å². The molecular weight excluding hydrogens is 384 g/mol. The fourth-order valence-electron chi connectivity index (χ4n) is 6.93. The minimum absolute atomic E-state index is 0.265. The van der Waals surface area contributed by atoms with Gasteiger partial charge in [-0.05, 0) is 48.3 Å². The Kier molecular flexibility index (Phi) is 4.76. The number of benzene rings is 1. The first kappa shape index (κ1) is 19.8. The van der Waals surface area contributed by atoms with E-state index in [0.29, 0.717) is 17.2 Å². The van der Waals surface area contributed by atoms with Crippen LogP contribution >= 0.6 is 11.6 Å². The van der Waals surface area contributed by atoms with Gasteiger partial charge in [0, 0.05) is 43.2 Å². The van der Waals surface area contributed by atoms with Crippen LogP contribution in [0.3, 0.4) is 0 Å². The van der Waals surface area contributed by atoms with Crippen molar-refractivity contribution in [2.24, 2.45) is 16.7 Å². The maximum absolute atomic E-state index is 13.9. The predicted octanol–water partition coefficient (Wildman–Crippen LogP) is 3.97. The molecule has 0 aromatic heterocycles. The second-order valence-corrected chi connectivity index (χ2v) is 11.0. The summed E-state index contributed by atoms with van der Waals surface area (Å²) in [6.45, 7) is 11.5. The summed E-state index contributed by atoms with van der Waals surface area (Å²) in [5.41, 5.74) is 1.42. The standard InChI is InChI=1S/C24H33ClN2O2/c1-22(2)15-23(16-26-10-12-29-13-11-26)17-27(14-20(22)23)21(28)24(8-3-9-24)18-4-6-19(25)7-5-18/h4-7,20H,3,8-17H2,1-2H3/t20-,23+/m1/s1. The molecule has 2 aliphatic heterocycles. The summed E-state index contributed by atoms with van der Waals surface area (Å²) in [6.07, 6.45) is 4.29. The number of halogens is 1. The highest BCUT2D eigenvalue weighted by molar-refractivity contribution is 6.30. The van der Waals surface area contributed by atoms with Gasteiger partial charge in [0.15, 0.2) is 0 Å². The van der Waals surface area contributed by atoms with E-state index in [0.717, 1.165) is 75.8 Å². The normalized spacial score (nSPS) is 32.9. The monoisotopic (exact) mass is 416 g/mol. The number of amides is 1. The Morgan fingerprint density at radius 3 is 2.45 bits per heavy atom. The predicted molar refractivity (Wildman–Crippen MR) is 115 cm³/mol. The van der Waals surface area contributed by atoms with Gasteiger partial charge < -0.3 is 9.64 Å². The first-order chi connectivity index (χ1) is 13.8. The van der Waals surface area contributed by atoms with Gasteiger partial charge >= 0.3 is 0 Å². The first-order valence-electron chi connectivity index (χ1n) is 11.2. The summed E-state index contributed by atoms with van der Waals surface area (Å²) in [5, 5.41) is 0.737. The van der Waals surface area contributed by atoms with Crippen LogP contribution in [0, 0.1) is 16.7 Å². The zero-order chi connectivity index (χ0) is 20.3. The molecule has 1 amide bonds. The van der Waals surface area contributed by atoms with Gasteiger partial charge in [0.1, 0.15) is 0 Å². The van der Waals surface area contributed by atoms with Gasteiger partial charge in [-0.3, -0.25) is 9.69 Å². The summed E-state index contributed by atoms with van der Waals surface area (Å²) in [4.78, 5) is 18.7. The molecule has 2 atom stereocenters. The van der Waals surface area contributed by atoms with Crippen molar-refractivity contribution in [3.8, 4) is 0 Å². The Morgan fingerprint density at radius 1 is 1.17 bits per heavy atom. The lowest BCUT2D eigenvalue weighted by molar-refractivity contribution is -0.140. The Labute approximate surface area is 179 Å². The molecule has 4 nitrogen and oxygen atoms in total. The van der Waals surface area contributed by atoms with Crippen molar-refractivity contribution in [1.29, 1.82) is 0 Å². The highest BCUT2D eigenvalue weighted by Crippen LogP contribution is 2.63. The minimum atomic E-state index is -0.321. The van der Waals surface area contributed by atoms with E-state index < -0.39 is 0 Å². The smallest absolute Gasteiger partial charge is 0.233 e. The van der Waals surface area contributed by atoms with Gasteiger partial charge in [-0.25, -0.2) is 0 Å². The molecule has 2 heterocycles. The molecule has 5 heteroatoms. The van der Waals surface area contributed by atoms with Crippen LogP contribution in [0.2, 0.25) is 5.02 Å². The van der Waals surface area contributed by atoms with E-state index in [2.05, 4.69) is 35.8 Å². The van der Waals surface area contributed by atoms with Gasteiger partial charge in [-0.1, -0.05) is 44.0 Å². The molecule has 2 saturated carbocycles. The van der Waals surface area contributed by atoms with Crippen LogP contribution in [0.5, 0.6) is 0 Å². The van der Waals surface area contributed by atoms with Crippen molar-refractivity contribution in [3.05, 3.63) is 34.9 Å². The van der Waals surface area contributed by atoms with E-state index in [1.54, 1.807) is 0 Å². The fourth-order valence-corrected chi connectivity index (χ4v) is 7.05. The molecule has 0 radical (unpaired) electrons. The lowest BCUT2D eigenvalue weighted by Gasteiger charge is -2.58. The quantitative estimate of drug-likeness (QED) is 0.744. The zero-order valence-electron chi connectivity index (χ0n) is 17.8. The van der Waals surface area contributed by atoms with Gasteiger partial charge in [-0.15, -0.1) is 0 Å². The molecule has 0 spiro atoms. The molecule has 2 saturated heterocycles. The van der Waals surface area contributed by atoms with Crippen LogP contribution in [-0.2, 0) is 14.9 Å². The third-order valence-electron chi connectivity index (χ3n) is 8.34. The number of hydrogen-bond donors (Lipinski definition) is 0. The molecule has 0 bridgehead atoms. The third-order valence-corrected chi connectivity index (χ3v) is 8.59. The zero-order valence-corrected chi connectivity index (χ0v) is 18.5. The Morgan fingerprint density at radius 2 is 1.86 bits per heavy atom. The maximum atomic E-state index is 13.9. The lowest BCUT2D eigenvalue weighted by atomic mass is 9.48. The second kappa shape index (κ2) is 6.96. The highest BCUT2D eigenvalue weighted by atomic mass is 35.5. The van der Waals surface area contributed by atoms with Crippen LogP contribution in [0.1, 0.15) is 45.1 Å². The summed E-state index contributed by atoms with van der Waals surface area (Å²) in [6, 6.07) is 8.00. The number of ether oxygens (including phenoxy) is 1.